The van der Waals surface area contributed by atoms with E-state index in [9.17, 15) is 19.8 Å². The van der Waals surface area contributed by atoms with Crippen molar-refractivity contribution in [2.24, 2.45) is 7.05 Å². The van der Waals surface area contributed by atoms with E-state index in [4.69, 9.17) is 4.74 Å². The average Bonchev–Trinajstić information content (AvgIpc) is 2.96. The van der Waals surface area contributed by atoms with Crippen molar-refractivity contribution in [2.45, 2.75) is 37.7 Å². The van der Waals surface area contributed by atoms with Gasteiger partial charge >= 0.3 is 5.69 Å². The molecule has 3 rings (SSSR count). The van der Waals surface area contributed by atoms with Crippen LogP contribution >= 0.6 is 0 Å². The smallest absolute Gasteiger partial charge is 0.330 e. The molecule has 0 spiro atoms. The maximum atomic E-state index is 12.1. The van der Waals surface area contributed by atoms with Crippen LogP contribution in [0.15, 0.2) is 40.2 Å². The molecule has 1 aliphatic heterocycles. The van der Waals surface area contributed by atoms with Crippen LogP contribution in [0, 0.1) is 0 Å². The second-order valence-corrected chi connectivity index (χ2v) is 6.24. The Morgan fingerprint density at radius 1 is 1.36 bits per heavy atom. The molecule has 2 aromatic rings. The number of aryl methyl sites for hydroxylation is 3. The first kappa shape index (κ1) is 17.5. The van der Waals surface area contributed by atoms with Gasteiger partial charge in [0.1, 0.15) is 19.4 Å². The number of aromatic nitrogens is 3. The van der Waals surface area contributed by atoms with Crippen molar-refractivity contribution in [3.8, 4) is 0 Å². The molecule has 0 bridgehead atoms. The molecule has 3 N–H and O–H groups in total. The van der Waals surface area contributed by atoms with Crippen molar-refractivity contribution in [2.75, 3.05) is 6.61 Å². The minimum absolute atomic E-state index is 0.185. The highest BCUT2D eigenvalue weighted by molar-refractivity contribution is 5.08. The second kappa shape index (κ2) is 7.30. The van der Waals surface area contributed by atoms with Crippen LogP contribution in [0.5, 0.6) is 0 Å². The first-order chi connectivity index (χ1) is 12.0. The highest BCUT2D eigenvalue weighted by Crippen LogP contribution is 2.27. The van der Waals surface area contributed by atoms with E-state index in [1.54, 1.807) is 0 Å². The van der Waals surface area contributed by atoms with Crippen LogP contribution in [0.25, 0.3) is 0 Å². The van der Waals surface area contributed by atoms with Gasteiger partial charge in [-0.3, -0.25) is 14.3 Å². The van der Waals surface area contributed by atoms with Crippen LogP contribution < -0.4 is 15.8 Å². The molecule has 0 saturated carbocycles. The lowest BCUT2D eigenvalue weighted by Crippen LogP contribution is -2.35. The minimum Gasteiger partial charge on any atom is -0.394 e. The Morgan fingerprint density at radius 3 is 2.84 bits per heavy atom. The van der Waals surface area contributed by atoms with Gasteiger partial charge in [0, 0.05) is 36.7 Å². The quantitative estimate of drug-likeness (QED) is 0.588. The van der Waals surface area contributed by atoms with Gasteiger partial charge in [-0.2, -0.15) is 0 Å². The molecule has 134 valence electrons. The van der Waals surface area contributed by atoms with Gasteiger partial charge in [-0.1, -0.05) is 6.07 Å². The van der Waals surface area contributed by atoms with Crippen molar-refractivity contribution < 1.29 is 19.5 Å². The van der Waals surface area contributed by atoms with E-state index in [0.29, 0.717) is 18.4 Å². The standard InChI is InChI=1S/C17H21N3O5/c1-19-7-3-2-4-12(19)6-5-11-9-20(17(24)18-16(11)23)15-8-13(22)14(10-21)25-15/h2-4,7,9,13-15,21-22H,5-6,8,10H2,1H3/p+1/t13-,14-,15-/m1/s1. The number of hydrogen-bond donors (Lipinski definition) is 3. The predicted molar refractivity (Wildman–Crippen MR) is 88.0 cm³/mol. The Labute approximate surface area is 144 Å². The van der Waals surface area contributed by atoms with Crippen molar-refractivity contribution in [1.82, 2.24) is 9.55 Å². The van der Waals surface area contributed by atoms with Crippen LogP contribution in [0.2, 0.25) is 0 Å². The average molecular weight is 348 g/mol. The number of H-pyrrole nitrogens is 1. The lowest BCUT2D eigenvalue weighted by atomic mass is 10.1. The lowest BCUT2D eigenvalue weighted by Gasteiger charge is -2.15. The maximum absolute atomic E-state index is 12.1. The third-order valence-electron chi connectivity index (χ3n) is 4.55. The zero-order valence-corrected chi connectivity index (χ0v) is 14.0. The summed E-state index contributed by atoms with van der Waals surface area (Å²) in [5.41, 5.74) is 0.522. The Balaban J connectivity index is 1.83. The van der Waals surface area contributed by atoms with E-state index in [1.165, 1.54) is 10.8 Å². The molecule has 1 aliphatic rings. The molecule has 2 aromatic heterocycles. The Hall–Kier alpha value is -2.29. The topological polar surface area (TPSA) is 108 Å². The maximum Gasteiger partial charge on any atom is 0.330 e. The van der Waals surface area contributed by atoms with Crippen molar-refractivity contribution in [3.05, 3.63) is 62.7 Å². The lowest BCUT2D eigenvalue weighted by molar-refractivity contribution is -0.679. The summed E-state index contributed by atoms with van der Waals surface area (Å²) in [4.78, 5) is 26.5. The molecule has 8 heteroatoms. The van der Waals surface area contributed by atoms with E-state index in [0.717, 1.165) is 5.69 Å². The van der Waals surface area contributed by atoms with E-state index in [2.05, 4.69) is 4.98 Å². The molecular formula is C17H22N3O5+. The molecule has 0 unspecified atom stereocenters. The normalized spacial score (nSPS) is 23.1. The van der Waals surface area contributed by atoms with E-state index >= 15 is 0 Å². The van der Waals surface area contributed by atoms with Crippen LogP contribution in [-0.2, 0) is 24.6 Å². The van der Waals surface area contributed by atoms with Crippen LogP contribution in [0.1, 0.15) is 23.9 Å². The molecule has 0 aliphatic carbocycles. The van der Waals surface area contributed by atoms with E-state index < -0.39 is 29.7 Å². The fraction of sp³-hybridized carbons (Fsp3) is 0.471. The highest BCUT2D eigenvalue weighted by Gasteiger charge is 2.35. The Bertz CT molecular complexity index is 860. The second-order valence-electron chi connectivity index (χ2n) is 6.24. The fourth-order valence-electron chi connectivity index (χ4n) is 3.05. The number of nitrogens with one attached hydrogen (secondary N) is 1. The zero-order chi connectivity index (χ0) is 18.0. The minimum atomic E-state index is -0.847. The molecule has 3 heterocycles. The molecule has 1 saturated heterocycles. The molecule has 3 atom stereocenters. The molecule has 0 amide bonds. The van der Waals surface area contributed by atoms with Crippen LogP contribution in [0.4, 0.5) is 0 Å². The van der Waals surface area contributed by atoms with Gasteiger partial charge in [0.15, 0.2) is 11.9 Å². The van der Waals surface area contributed by atoms with Gasteiger partial charge in [0.05, 0.1) is 12.7 Å². The largest absolute Gasteiger partial charge is 0.394 e. The van der Waals surface area contributed by atoms with Crippen LogP contribution in [0.3, 0.4) is 0 Å². The molecule has 1 fully saturated rings. The highest BCUT2D eigenvalue weighted by atomic mass is 16.5. The molecular weight excluding hydrogens is 326 g/mol. The van der Waals surface area contributed by atoms with E-state index in [-0.39, 0.29) is 13.0 Å². The van der Waals surface area contributed by atoms with Gasteiger partial charge in [-0.05, 0) is 6.42 Å². The predicted octanol–water partition coefficient (Wildman–Crippen LogP) is -1.21. The van der Waals surface area contributed by atoms with Crippen LogP contribution in [-0.4, -0.2) is 38.6 Å². The number of aromatic amines is 1. The van der Waals surface area contributed by atoms with Gasteiger partial charge in [-0.15, -0.1) is 0 Å². The van der Waals surface area contributed by atoms with E-state index in [1.807, 2.05) is 36.0 Å². The van der Waals surface area contributed by atoms with Crippen molar-refractivity contribution in [3.63, 3.8) is 0 Å². The molecule has 8 nitrogen and oxygen atoms in total. The molecule has 0 radical (unpaired) electrons. The zero-order valence-electron chi connectivity index (χ0n) is 14.0. The summed E-state index contributed by atoms with van der Waals surface area (Å²) in [5, 5.41) is 19.0. The molecule has 25 heavy (non-hydrogen) atoms. The third kappa shape index (κ3) is 3.71. The first-order valence-corrected chi connectivity index (χ1v) is 8.22. The van der Waals surface area contributed by atoms with Gasteiger partial charge in [0.25, 0.3) is 5.56 Å². The summed E-state index contributed by atoms with van der Waals surface area (Å²) in [5.74, 6) is 0. The Morgan fingerprint density at radius 2 is 2.16 bits per heavy atom. The monoisotopic (exact) mass is 348 g/mol. The van der Waals surface area contributed by atoms with Gasteiger partial charge < -0.3 is 14.9 Å². The number of aliphatic hydroxyl groups is 2. The number of nitrogens with zero attached hydrogens (tertiary/aromatic N) is 2. The number of aliphatic hydroxyl groups excluding tert-OH is 2. The summed E-state index contributed by atoms with van der Waals surface area (Å²) in [6.45, 7) is -0.326. The summed E-state index contributed by atoms with van der Waals surface area (Å²) >= 11 is 0. The number of hydrogen-bond acceptors (Lipinski definition) is 5. The number of rotatable bonds is 5. The fourth-order valence-corrected chi connectivity index (χ4v) is 3.05. The third-order valence-corrected chi connectivity index (χ3v) is 4.55. The summed E-state index contributed by atoms with van der Waals surface area (Å²) in [6, 6.07) is 5.84. The summed E-state index contributed by atoms with van der Waals surface area (Å²) in [6.07, 6.45) is 2.44. The summed E-state index contributed by atoms with van der Waals surface area (Å²) in [7, 11) is 1.93. The first-order valence-electron chi connectivity index (χ1n) is 8.22. The van der Waals surface area contributed by atoms with Gasteiger partial charge in [0.2, 0.25) is 0 Å². The SMILES string of the molecule is C[n+]1ccccc1CCc1cn([C@H]2C[C@@H](O)[C@@H](CO)O2)c(=O)[nH]c1=O. The molecule has 0 aromatic carbocycles. The Kier molecular flexibility index (Phi) is 5.12. The summed E-state index contributed by atoms with van der Waals surface area (Å²) < 4.78 is 8.76. The number of ether oxygens (including phenoxy) is 1. The van der Waals surface area contributed by atoms with Crippen molar-refractivity contribution >= 4 is 0 Å². The van der Waals surface area contributed by atoms with Gasteiger partial charge in [-0.25, -0.2) is 9.36 Å². The number of pyridine rings is 1. The van der Waals surface area contributed by atoms with Crippen molar-refractivity contribution in [1.29, 1.82) is 0 Å².